The number of halogens is 1. The highest BCUT2D eigenvalue weighted by Crippen LogP contribution is 2.11. The van der Waals surface area contributed by atoms with Crippen molar-refractivity contribution < 1.29 is 0 Å². The van der Waals surface area contributed by atoms with Crippen molar-refractivity contribution in [1.82, 2.24) is 24.4 Å². The van der Waals surface area contributed by atoms with E-state index in [0.29, 0.717) is 17.5 Å². The van der Waals surface area contributed by atoms with Crippen LogP contribution in [-0.2, 0) is 13.6 Å². The van der Waals surface area contributed by atoms with Gasteiger partial charge in [0.1, 0.15) is 0 Å². The molecule has 0 unspecified atom stereocenters. The van der Waals surface area contributed by atoms with E-state index >= 15 is 0 Å². The van der Waals surface area contributed by atoms with Gasteiger partial charge in [0.2, 0.25) is 5.95 Å². The first kappa shape index (κ1) is 11.0. The largest absolute Gasteiger partial charge is 0.347 e. The van der Waals surface area contributed by atoms with E-state index in [2.05, 4.69) is 20.5 Å². The molecule has 3 rings (SSSR count). The van der Waals surface area contributed by atoms with Crippen molar-refractivity contribution in [3.8, 4) is 0 Å². The fraction of sp³-hybridized carbons (Fsp3) is 0.182. The van der Waals surface area contributed by atoms with Crippen LogP contribution < -0.4 is 5.32 Å². The molecule has 92 valence electrons. The van der Waals surface area contributed by atoms with Crippen molar-refractivity contribution in [1.29, 1.82) is 0 Å². The van der Waals surface area contributed by atoms with E-state index in [1.807, 2.05) is 25.4 Å². The van der Waals surface area contributed by atoms with Crippen molar-refractivity contribution in [3.05, 3.63) is 41.3 Å². The summed E-state index contributed by atoms with van der Waals surface area (Å²) >= 11 is 5.88. The Labute approximate surface area is 108 Å². The maximum Gasteiger partial charge on any atom is 0.243 e. The lowest BCUT2D eigenvalue weighted by Gasteiger charge is -1.96. The van der Waals surface area contributed by atoms with Crippen molar-refractivity contribution in [3.63, 3.8) is 0 Å². The van der Waals surface area contributed by atoms with E-state index in [9.17, 15) is 0 Å². The number of rotatable bonds is 3. The van der Waals surface area contributed by atoms with Gasteiger partial charge in [0, 0.05) is 19.4 Å². The third kappa shape index (κ3) is 2.14. The van der Waals surface area contributed by atoms with Crippen LogP contribution in [0.1, 0.15) is 5.69 Å². The van der Waals surface area contributed by atoms with Gasteiger partial charge in [-0.15, -0.1) is 5.10 Å². The van der Waals surface area contributed by atoms with Crippen LogP contribution in [0.15, 0.2) is 30.6 Å². The molecule has 0 saturated carbocycles. The average Bonchev–Trinajstić information content (AvgIpc) is 2.92. The molecule has 0 atom stereocenters. The molecule has 0 aliphatic carbocycles. The maximum atomic E-state index is 5.88. The molecule has 0 aliphatic heterocycles. The summed E-state index contributed by atoms with van der Waals surface area (Å²) in [5.41, 5.74) is 1.69. The van der Waals surface area contributed by atoms with Crippen LogP contribution in [0.25, 0.3) is 5.65 Å². The van der Waals surface area contributed by atoms with Crippen LogP contribution >= 0.6 is 11.6 Å². The highest BCUT2D eigenvalue weighted by molar-refractivity contribution is 6.30. The van der Waals surface area contributed by atoms with Gasteiger partial charge in [0.25, 0.3) is 0 Å². The molecule has 6 nitrogen and oxygen atoms in total. The zero-order valence-corrected chi connectivity index (χ0v) is 10.5. The number of anilines is 1. The Balaban J connectivity index is 1.78. The highest BCUT2D eigenvalue weighted by Gasteiger charge is 2.04. The number of pyridine rings is 1. The Morgan fingerprint density at radius 1 is 1.28 bits per heavy atom. The predicted molar refractivity (Wildman–Crippen MR) is 68.5 cm³/mol. The van der Waals surface area contributed by atoms with Gasteiger partial charge in [0.15, 0.2) is 5.65 Å². The van der Waals surface area contributed by atoms with Gasteiger partial charge < -0.3 is 5.32 Å². The van der Waals surface area contributed by atoms with Gasteiger partial charge in [0.05, 0.1) is 17.3 Å². The standard InChI is InChI=1S/C11H11ClN6/c1-17-5-4-9(15-17)6-13-11-14-10-3-2-8(12)7-18(10)16-11/h2-5,7H,6H2,1H3,(H,13,16). The smallest absolute Gasteiger partial charge is 0.243 e. The first-order chi connectivity index (χ1) is 8.70. The summed E-state index contributed by atoms with van der Waals surface area (Å²) in [5.74, 6) is 0.558. The monoisotopic (exact) mass is 262 g/mol. The predicted octanol–water partition coefficient (Wildman–Crippen LogP) is 1.73. The van der Waals surface area contributed by atoms with Crippen molar-refractivity contribution in [2.75, 3.05) is 5.32 Å². The molecule has 0 spiro atoms. The lowest BCUT2D eigenvalue weighted by atomic mass is 10.4. The van der Waals surface area contributed by atoms with Crippen LogP contribution in [0, 0.1) is 0 Å². The van der Waals surface area contributed by atoms with E-state index in [1.54, 1.807) is 21.5 Å². The second-order valence-electron chi connectivity index (χ2n) is 3.92. The lowest BCUT2D eigenvalue weighted by Crippen LogP contribution is -2.02. The van der Waals surface area contributed by atoms with Gasteiger partial charge >= 0.3 is 0 Å². The molecular weight excluding hydrogens is 252 g/mol. The summed E-state index contributed by atoms with van der Waals surface area (Å²) in [4.78, 5) is 4.32. The minimum atomic E-state index is 0.558. The molecule has 0 fully saturated rings. The maximum absolute atomic E-state index is 5.88. The molecular formula is C11H11ClN6. The quantitative estimate of drug-likeness (QED) is 0.781. The van der Waals surface area contributed by atoms with Crippen LogP contribution in [0.2, 0.25) is 5.02 Å². The first-order valence-corrected chi connectivity index (χ1v) is 5.83. The van der Waals surface area contributed by atoms with Crippen LogP contribution in [0.4, 0.5) is 5.95 Å². The molecule has 7 heteroatoms. The summed E-state index contributed by atoms with van der Waals surface area (Å²) in [6, 6.07) is 5.55. The van der Waals surface area contributed by atoms with E-state index in [-0.39, 0.29) is 0 Å². The minimum absolute atomic E-state index is 0.558. The third-order valence-corrected chi connectivity index (χ3v) is 2.71. The molecule has 0 amide bonds. The highest BCUT2D eigenvalue weighted by atomic mass is 35.5. The Morgan fingerprint density at radius 2 is 2.17 bits per heavy atom. The third-order valence-electron chi connectivity index (χ3n) is 2.49. The summed E-state index contributed by atoms with van der Waals surface area (Å²) in [6.45, 7) is 0.589. The fourth-order valence-corrected chi connectivity index (χ4v) is 1.82. The lowest BCUT2D eigenvalue weighted by molar-refractivity contribution is 0.746. The van der Waals surface area contributed by atoms with Gasteiger partial charge in [-0.3, -0.25) is 4.68 Å². The number of nitrogens with one attached hydrogen (secondary N) is 1. The average molecular weight is 263 g/mol. The molecule has 3 aromatic rings. The molecule has 3 aromatic heterocycles. The SMILES string of the molecule is Cn1ccc(CNc2nc3ccc(Cl)cn3n2)n1. The topological polar surface area (TPSA) is 60.0 Å². The van der Waals surface area contributed by atoms with Crippen molar-refractivity contribution in [2.45, 2.75) is 6.54 Å². The van der Waals surface area contributed by atoms with Gasteiger partial charge in [-0.1, -0.05) is 11.6 Å². The van der Waals surface area contributed by atoms with E-state index in [1.165, 1.54) is 0 Å². The summed E-state index contributed by atoms with van der Waals surface area (Å²) < 4.78 is 3.40. The van der Waals surface area contributed by atoms with Crippen molar-refractivity contribution in [2.24, 2.45) is 7.05 Å². The van der Waals surface area contributed by atoms with Gasteiger partial charge in [-0.2, -0.15) is 10.1 Å². The van der Waals surface area contributed by atoms with Crippen molar-refractivity contribution >= 4 is 23.2 Å². The number of nitrogens with zero attached hydrogens (tertiary/aromatic N) is 5. The fourth-order valence-electron chi connectivity index (χ4n) is 1.66. The zero-order valence-electron chi connectivity index (χ0n) is 9.71. The Kier molecular flexibility index (Phi) is 2.64. The van der Waals surface area contributed by atoms with E-state index < -0.39 is 0 Å². The Hall–Kier alpha value is -2.08. The number of fused-ring (bicyclic) bond motifs is 1. The molecule has 0 radical (unpaired) electrons. The zero-order chi connectivity index (χ0) is 12.5. The Bertz CT molecular complexity index is 686. The summed E-state index contributed by atoms with van der Waals surface area (Å²) in [6.07, 6.45) is 3.61. The van der Waals surface area contributed by atoms with E-state index in [4.69, 9.17) is 11.6 Å². The number of hydrogen-bond acceptors (Lipinski definition) is 4. The second-order valence-corrected chi connectivity index (χ2v) is 4.36. The number of aromatic nitrogens is 5. The van der Waals surface area contributed by atoms with Crippen LogP contribution in [0.3, 0.4) is 0 Å². The number of hydrogen-bond donors (Lipinski definition) is 1. The second kappa shape index (κ2) is 4.30. The minimum Gasteiger partial charge on any atom is -0.347 e. The molecule has 3 heterocycles. The van der Waals surface area contributed by atoms with Gasteiger partial charge in [-0.25, -0.2) is 4.52 Å². The molecule has 0 aromatic carbocycles. The Morgan fingerprint density at radius 3 is 2.94 bits per heavy atom. The van der Waals surface area contributed by atoms with E-state index in [0.717, 1.165) is 11.3 Å². The molecule has 0 aliphatic rings. The number of aryl methyl sites for hydroxylation is 1. The summed E-state index contributed by atoms with van der Waals surface area (Å²) in [5, 5.41) is 12.3. The van der Waals surface area contributed by atoms with Crippen LogP contribution in [0.5, 0.6) is 0 Å². The molecule has 1 N–H and O–H groups in total. The molecule has 0 saturated heterocycles. The molecule has 18 heavy (non-hydrogen) atoms. The summed E-state index contributed by atoms with van der Waals surface area (Å²) in [7, 11) is 1.88. The normalized spacial score (nSPS) is 11.0. The van der Waals surface area contributed by atoms with Gasteiger partial charge in [-0.05, 0) is 18.2 Å². The molecule has 0 bridgehead atoms. The first-order valence-electron chi connectivity index (χ1n) is 5.45. The van der Waals surface area contributed by atoms with Crippen LogP contribution in [-0.4, -0.2) is 24.4 Å².